The van der Waals surface area contributed by atoms with Crippen LogP contribution in [0.15, 0.2) is 60.7 Å². The molecule has 2 aromatic carbocycles. The van der Waals surface area contributed by atoms with Crippen LogP contribution in [0.2, 0.25) is 0 Å². The van der Waals surface area contributed by atoms with Crippen LogP contribution in [-0.4, -0.2) is 31.1 Å². The van der Waals surface area contributed by atoms with E-state index in [-0.39, 0.29) is 34.6 Å². The maximum atomic E-state index is 13.5. The van der Waals surface area contributed by atoms with Crippen LogP contribution in [-0.2, 0) is 14.3 Å². The molecule has 1 amide bonds. The van der Waals surface area contributed by atoms with Crippen LogP contribution in [0.1, 0.15) is 56.5 Å². The Bertz CT molecular complexity index is 1050. The number of hydrogen-bond donors (Lipinski definition) is 1. The summed E-state index contributed by atoms with van der Waals surface area (Å²) in [4.78, 5) is 38.8. The van der Waals surface area contributed by atoms with Crippen molar-refractivity contribution < 1.29 is 23.9 Å². The number of amides is 1. The highest BCUT2D eigenvalue weighted by Crippen LogP contribution is 2.36. The zero-order valence-corrected chi connectivity index (χ0v) is 19.0. The lowest BCUT2D eigenvalue weighted by Crippen LogP contribution is -2.23. The van der Waals surface area contributed by atoms with Crippen LogP contribution in [0.4, 0.5) is 5.00 Å². The Morgan fingerprint density at radius 1 is 0.844 bits per heavy atom. The van der Waals surface area contributed by atoms with Gasteiger partial charge in [0, 0.05) is 0 Å². The molecule has 3 rings (SSSR count). The zero-order chi connectivity index (χ0) is 23.1. The Balaban J connectivity index is 2.03. The van der Waals surface area contributed by atoms with Gasteiger partial charge in [-0.25, -0.2) is 9.59 Å². The minimum absolute atomic E-state index is 0.174. The van der Waals surface area contributed by atoms with Gasteiger partial charge in [-0.1, -0.05) is 60.7 Å². The van der Waals surface area contributed by atoms with Gasteiger partial charge in [0.15, 0.2) is 0 Å². The summed E-state index contributed by atoms with van der Waals surface area (Å²) < 4.78 is 10.3. The Labute approximate surface area is 191 Å². The summed E-state index contributed by atoms with van der Waals surface area (Å²) in [6, 6.07) is 18.8. The van der Waals surface area contributed by atoms with E-state index in [0.717, 1.165) is 22.5 Å². The minimum Gasteiger partial charge on any atom is -0.462 e. The van der Waals surface area contributed by atoms with Gasteiger partial charge in [-0.05, 0) is 37.5 Å². The van der Waals surface area contributed by atoms with Gasteiger partial charge < -0.3 is 14.8 Å². The van der Waals surface area contributed by atoms with Gasteiger partial charge in [0.1, 0.15) is 9.88 Å². The minimum atomic E-state index is -0.596. The maximum Gasteiger partial charge on any atom is 0.348 e. The summed E-state index contributed by atoms with van der Waals surface area (Å²) in [6.07, 6.45) is 0. The molecule has 166 valence electrons. The Morgan fingerprint density at radius 2 is 1.34 bits per heavy atom. The highest BCUT2D eigenvalue weighted by atomic mass is 32.1. The van der Waals surface area contributed by atoms with E-state index in [2.05, 4.69) is 5.32 Å². The molecule has 32 heavy (non-hydrogen) atoms. The Morgan fingerprint density at radius 3 is 1.84 bits per heavy atom. The first kappa shape index (κ1) is 23.2. The SMILES string of the molecule is CCOC(=O)c1sc(NC(=O)C(c2ccccc2)c2ccccc2)c(C(=O)OCC)c1C. The molecule has 6 nitrogen and oxygen atoms in total. The first-order chi connectivity index (χ1) is 15.5. The number of rotatable bonds is 8. The van der Waals surface area contributed by atoms with Crippen LogP contribution < -0.4 is 5.32 Å². The fourth-order valence-corrected chi connectivity index (χ4v) is 4.50. The summed E-state index contributed by atoms with van der Waals surface area (Å²) in [5.41, 5.74) is 2.23. The third-order valence-electron chi connectivity index (χ3n) is 4.85. The summed E-state index contributed by atoms with van der Waals surface area (Å²) in [5, 5.41) is 3.15. The van der Waals surface area contributed by atoms with Crippen molar-refractivity contribution in [3.8, 4) is 0 Å². The van der Waals surface area contributed by atoms with Gasteiger partial charge in [0.05, 0.1) is 24.7 Å². The molecule has 1 aromatic heterocycles. The number of esters is 2. The van der Waals surface area contributed by atoms with Gasteiger partial charge in [0.2, 0.25) is 5.91 Å². The third kappa shape index (κ3) is 5.06. The molecule has 0 spiro atoms. The molecule has 0 atom stereocenters. The van der Waals surface area contributed by atoms with Crippen LogP contribution in [0.5, 0.6) is 0 Å². The Kier molecular flexibility index (Phi) is 7.78. The predicted octanol–water partition coefficient (Wildman–Crippen LogP) is 5.18. The van der Waals surface area contributed by atoms with Crippen molar-refractivity contribution in [3.63, 3.8) is 0 Å². The first-order valence-electron chi connectivity index (χ1n) is 10.4. The highest BCUT2D eigenvalue weighted by Gasteiger charge is 2.30. The number of ether oxygens (including phenoxy) is 2. The lowest BCUT2D eigenvalue weighted by atomic mass is 9.90. The van der Waals surface area contributed by atoms with Crippen molar-refractivity contribution in [1.29, 1.82) is 0 Å². The van der Waals surface area contributed by atoms with Crippen molar-refractivity contribution in [2.45, 2.75) is 26.7 Å². The molecular weight excluding hydrogens is 426 g/mol. The fourth-order valence-electron chi connectivity index (χ4n) is 3.41. The molecule has 1 N–H and O–H groups in total. The lowest BCUT2D eigenvalue weighted by molar-refractivity contribution is -0.116. The lowest BCUT2D eigenvalue weighted by Gasteiger charge is -2.18. The molecule has 0 saturated carbocycles. The van der Waals surface area contributed by atoms with E-state index in [1.807, 2.05) is 60.7 Å². The number of carbonyl (C=O) groups excluding carboxylic acids is 3. The molecule has 0 fully saturated rings. The van der Waals surface area contributed by atoms with E-state index in [0.29, 0.717) is 5.56 Å². The topological polar surface area (TPSA) is 81.7 Å². The van der Waals surface area contributed by atoms with Crippen molar-refractivity contribution in [2.75, 3.05) is 18.5 Å². The summed E-state index contributed by atoms with van der Waals surface area (Å²) in [5.74, 6) is -2.04. The van der Waals surface area contributed by atoms with Crippen molar-refractivity contribution in [3.05, 3.63) is 87.8 Å². The normalized spacial score (nSPS) is 10.6. The molecule has 0 bridgehead atoms. The molecule has 0 aliphatic rings. The number of benzene rings is 2. The summed E-state index contributed by atoms with van der Waals surface area (Å²) in [7, 11) is 0. The molecular formula is C25H25NO5S. The van der Waals surface area contributed by atoms with Crippen LogP contribution in [0, 0.1) is 6.92 Å². The van der Waals surface area contributed by atoms with E-state index < -0.39 is 17.9 Å². The quantitative estimate of drug-likeness (QED) is 0.477. The van der Waals surface area contributed by atoms with Gasteiger partial charge in [-0.3, -0.25) is 4.79 Å². The second-order valence-electron chi connectivity index (χ2n) is 6.94. The monoisotopic (exact) mass is 451 g/mol. The van der Waals surface area contributed by atoms with E-state index in [9.17, 15) is 14.4 Å². The molecule has 1 heterocycles. The molecule has 0 aliphatic heterocycles. The summed E-state index contributed by atoms with van der Waals surface area (Å²) in [6.45, 7) is 5.44. The number of carbonyl (C=O) groups is 3. The molecule has 0 aliphatic carbocycles. The van der Waals surface area contributed by atoms with E-state index in [1.165, 1.54) is 0 Å². The van der Waals surface area contributed by atoms with Crippen LogP contribution in [0.25, 0.3) is 0 Å². The van der Waals surface area contributed by atoms with Crippen molar-refractivity contribution >= 4 is 34.2 Å². The second-order valence-corrected chi connectivity index (χ2v) is 7.97. The molecule has 0 radical (unpaired) electrons. The number of anilines is 1. The molecule has 0 unspecified atom stereocenters. The van der Waals surface area contributed by atoms with Crippen molar-refractivity contribution in [2.24, 2.45) is 0 Å². The molecule has 7 heteroatoms. The van der Waals surface area contributed by atoms with Crippen LogP contribution >= 0.6 is 11.3 Å². The number of nitrogens with one attached hydrogen (secondary N) is 1. The zero-order valence-electron chi connectivity index (χ0n) is 18.2. The van der Waals surface area contributed by atoms with Gasteiger partial charge in [-0.15, -0.1) is 11.3 Å². The van der Waals surface area contributed by atoms with E-state index in [4.69, 9.17) is 9.47 Å². The van der Waals surface area contributed by atoms with E-state index in [1.54, 1.807) is 20.8 Å². The van der Waals surface area contributed by atoms with Crippen LogP contribution in [0.3, 0.4) is 0 Å². The predicted molar refractivity (Wildman–Crippen MR) is 124 cm³/mol. The highest BCUT2D eigenvalue weighted by molar-refractivity contribution is 7.18. The van der Waals surface area contributed by atoms with E-state index >= 15 is 0 Å². The average molecular weight is 452 g/mol. The largest absolute Gasteiger partial charge is 0.462 e. The maximum absolute atomic E-state index is 13.5. The number of thiophene rings is 1. The second kappa shape index (κ2) is 10.7. The van der Waals surface area contributed by atoms with Crippen molar-refractivity contribution in [1.82, 2.24) is 0 Å². The Hall–Kier alpha value is -3.45. The first-order valence-corrected chi connectivity index (χ1v) is 11.2. The summed E-state index contributed by atoms with van der Waals surface area (Å²) >= 11 is 1.02. The number of hydrogen-bond acceptors (Lipinski definition) is 6. The molecule has 3 aromatic rings. The van der Waals surface area contributed by atoms with Gasteiger partial charge >= 0.3 is 11.9 Å². The van der Waals surface area contributed by atoms with Gasteiger partial charge in [-0.2, -0.15) is 0 Å². The third-order valence-corrected chi connectivity index (χ3v) is 6.04. The molecule has 0 saturated heterocycles. The smallest absolute Gasteiger partial charge is 0.348 e. The standard InChI is InChI=1S/C25H25NO5S/c1-4-30-24(28)19-16(3)21(25(29)31-5-2)32-23(19)26-22(27)20(17-12-8-6-9-13-17)18-14-10-7-11-15-18/h6-15,20H,4-5H2,1-3H3,(H,26,27). The van der Waals surface area contributed by atoms with Gasteiger partial charge in [0.25, 0.3) is 0 Å². The average Bonchev–Trinajstić information content (AvgIpc) is 3.11. The fraction of sp³-hybridized carbons (Fsp3) is 0.240.